The number of carboxylic acid groups (broad SMARTS) is 1. The van der Waals surface area contributed by atoms with Crippen LogP contribution in [-0.4, -0.2) is 22.2 Å². The summed E-state index contributed by atoms with van der Waals surface area (Å²) < 4.78 is 12.5. The Bertz CT molecular complexity index is 344. The molecule has 4 N–H and O–H groups in total. The molecule has 6 heteroatoms. The molecule has 0 heterocycles. The van der Waals surface area contributed by atoms with Crippen LogP contribution in [0, 0.1) is 5.82 Å². The molecule has 0 amide bonds. The van der Waals surface area contributed by atoms with Crippen LogP contribution >= 0.6 is 12.4 Å². The fourth-order valence-corrected chi connectivity index (χ4v) is 1.16. The molecule has 0 aliphatic carbocycles. The van der Waals surface area contributed by atoms with E-state index in [1.807, 2.05) is 0 Å². The van der Waals surface area contributed by atoms with Crippen LogP contribution in [0.15, 0.2) is 24.3 Å². The van der Waals surface area contributed by atoms with Crippen LogP contribution in [-0.2, 0) is 4.79 Å². The van der Waals surface area contributed by atoms with Gasteiger partial charge in [0.05, 0.1) is 6.10 Å². The van der Waals surface area contributed by atoms with Gasteiger partial charge in [-0.15, -0.1) is 12.4 Å². The van der Waals surface area contributed by atoms with Crippen LogP contribution in [0.5, 0.6) is 0 Å². The number of rotatable bonds is 4. The number of nitrogens with two attached hydrogens (primary N) is 1. The second-order valence-electron chi connectivity index (χ2n) is 3.25. The lowest BCUT2D eigenvalue weighted by Crippen LogP contribution is -2.31. The minimum atomic E-state index is -1.17. The summed E-state index contributed by atoms with van der Waals surface area (Å²) in [6, 6.07) is 4.07. The molecule has 2 atom stereocenters. The molecule has 0 saturated carbocycles. The molecule has 0 saturated heterocycles. The predicted molar refractivity (Wildman–Crippen MR) is 58.8 cm³/mol. The Kier molecular flexibility index (Phi) is 5.95. The molecule has 90 valence electrons. The summed E-state index contributed by atoms with van der Waals surface area (Å²) in [5.41, 5.74) is 5.70. The fourth-order valence-electron chi connectivity index (χ4n) is 1.16. The highest BCUT2D eigenvalue weighted by Gasteiger charge is 2.17. The molecule has 4 nitrogen and oxygen atoms in total. The van der Waals surface area contributed by atoms with E-state index in [0.29, 0.717) is 5.56 Å². The minimum Gasteiger partial charge on any atom is -0.480 e. The molecule has 1 aromatic carbocycles. The molecule has 1 aromatic rings. The molecule has 0 fully saturated rings. The molecule has 0 aliphatic heterocycles. The number of benzene rings is 1. The van der Waals surface area contributed by atoms with Crippen LogP contribution in [0.25, 0.3) is 0 Å². The Morgan fingerprint density at radius 3 is 2.31 bits per heavy atom. The van der Waals surface area contributed by atoms with Crippen molar-refractivity contribution < 1.29 is 19.4 Å². The van der Waals surface area contributed by atoms with Crippen molar-refractivity contribution in [3.63, 3.8) is 0 Å². The molecular formula is C10H13ClFNO3. The SMILES string of the molecule is Cl.NC(CC(O)c1ccc(F)cc1)C(=O)O. The molecule has 0 aliphatic rings. The average Bonchev–Trinajstić information content (AvgIpc) is 2.18. The molecule has 0 aromatic heterocycles. The highest BCUT2D eigenvalue weighted by atomic mass is 35.5. The van der Waals surface area contributed by atoms with Gasteiger partial charge in [0, 0.05) is 6.42 Å². The lowest BCUT2D eigenvalue weighted by molar-refractivity contribution is -0.139. The van der Waals surface area contributed by atoms with Gasteiger partial charge >= 0.3 is 5.97 Å². The summed E-state index contributed by atoms with van der Waals surface area (Å²) in [7, 11) is 0. The maximum atomic E-state index is 12.5. The van der Waals surface area contributed by atoms with Crippen LogP contribution in [0.1, 0.15) is 18.1 Å². The highest BCUT2D eigenvalue weighted by Crippen LogP contribution is 2.17. The van der Waals surface area contributed by atoms with Gasteiger partial charge in [-0.2, -0.15) is 0 Å². The molecule has 2 unspecified atom stereocenters. The normalized spacial score (nSPS) is 13.7. The monoisotopic (exact) mass is 249 g/mol. The second-order valence-corrected chi connectivity index (χ2v) is 3.25. The van der Waals surface area contributed by atoms with E-state index < -0.39 is 23.9 Å². The molecule has 0 radical (unpaired) electrons. The number of hydrogen-bond donors (Lipinski definition) is 3. The summed E-state index contributed by atoms with van der Waals surface area (Å²) in [5, 5.41) is 18.1. The third-order valence-corrected chi connectivity index (χ3v) is 2.05. The summed E-state index contributed by atoms with van der Waals surface area (Å²) in [6.45, 7) is 0. The maximum Gasteiger partial charge on any atom is 0.320 e. The Morgan fingerprint density at radius 2 is 1.88 bits per heavy atom. The van der Waals surface area contributed by atoms with E-state index in [1.165, 1.54) is 24.3 Å². The zero-order chi connectivity index (χ0) is 11.4. The van der Waals surface area contributed by atoms with Crippen LogP contribution in [0.2, 0.25) is 0 Å². The zero-order valence-corrected chi connectivity index (χ0v) is 9.15. The van der Waals surface area contributed by atoms with Crippen molar-refractivity contribution in [2.45, 2.75) is 18.6 Å². The first-order chi connectivity index (χ1) is 7.00. The minimum absolute atomic E-state index is 0. The summed E-state index contributed by atoms with van der Waals surface area (Å²) in [4.78, 5) is 10.4. The van der Waals surface area contributed by atoms with E-state index in [4.69, 9.17) is 10.8 Å². The van der Waals surface area contributed by atoms with Crippen molar-refractivity contribution in [2.75, 3.05) is 0 Å². The van der Waals surface area contributed by atoms with Crippen molar-refractivity contribution >= 4 is 18.4 Å². The standard InChI is InChI=1S/C10H12FNO3.ClH/c11-7-3-1-6(2-4-7)9(13)5-8(12)10(14)15;/h1-4,8-9,13H,5,12H2,(H,14,15);1H. The largest absolute Gasteiger partial charge is 0.480 e. The maximum absolute atomic E-state index is 12.5. The van der Waals surface area contributed by atoms with E-state index in [-0.39, 0.29) is 18.8 Å². The lowest BCUT2D eigenvalue weighted by atomic mass is 10.0. The summed E-state index contributed by atoms with van der Waals surface area (Å²) >= 11 is 0. The number of halogens is 2. The van der Waals surface area contributed by atoms with E-state index in [1.54, 1.807) is 0 Å². The molecule has 1 rings (SSSR count). The molecular weight excluding hydrogens is 237 g/mol. The van der Waals surface area contributed by atoms with Crippen LogP contribution in [0.3, 0.4) is 0 Å². The van der Waals surface area contributed by atoms with Gasteiger partial charge in [0.15, 0.2) is 0 Å². The Balaban J connectivity index is 0.00000225. The second kappa shape index (κ2) is 6.42. The quantitative estimate of drug-likeness (QED) is 0.746. The average molecular weight is 250 g/mol. The number of aliphatic carboxylic acids is 1. The number of aliphatic hydroxyl groups is 1. The Labute approximate surface area is 98.3 Å². The van der Waals surface area contributed by atoms with Crippen molar-refractivity contribution in [3.8, 4) is 0 Å². The number of hydrogen-bond acceptors (Lipinski definition) is 3. The van der Waals surface area contributed by atoms with Gasteiger partial charge in [-0.3, -0.25) is 4.79 Å². The summed E-state index contributed by atoms with van der Waals surface area (Å²) in [5.74, 6) is -1.58. The number of carboxylic acids is 1. The van der Waals surface area contributed by atoms with Crippen molar-refractivity contribution in [1.29, 1.82) is 0 Å². The van der Waals surface area contributed by atoms with Crippen molar-refractivity contribution in [1.82, 2.24) is 0 Å². The van der Waals surface area contributed by atoms with E-state index in [2.05, 4.69) is 0 Å². The first-order valence-corrected chi connectivity index (χ1v) is 4.42. The molecule has 16 heavy (non-hydrogen) atoms. The van der Waals surface area contributed by atoms with Crippen LogP contribution < -0.4 is 5.73 Å². The predicted octanol–water partition coefficient (Wildman–Crippen LogP) is 1.08. The van der Waals surface area contributed by atoms with Gasteiger partial charge < -0.3 is 15.9 Å². The number of aliphatic hydroxyl groups excluding tert-OH is 1. The molecule has 0 spiro atoms. The zero-order valence-electron chi connectivity index (χ0n) is 8.34. The lowest BCUT2D eigenvalue weighted by Gasteiger charge is -2.13. The van der Waals surface area contributed by atoms with Crippen LogP contribution in [0.4, 0.5) is 4.39 Å². The first-order valence-electron chi connectivity index (χ1n) is 4.42. The van der Waals surface area contributed by atoms with Gasteiger partial charge in [-0.05, 0) is 17.7 Å². The van der Waals surface area contributed by atoms with Gasteiger partial charge in [-0.1, -0.05) is 12.1 Å². The van der Waals surface area contributed by atoms with Gasteiger partial charge in [0.2, 0.25) is 0 Å². The van der Waals surface area contributed by atoms with Crippen molar-refractivity contribution in [3.05, 3.63) is 35.6 Å². The van der Waals surface area contributed by atoms with E-state index in [0.717, 1.165) is 0 Å². The Morgan fingerprint density at radius 1 is 1.38 bits per heavy atom. The van der Waals surface area contributed by atoms with Gasteiger partial charge in [0.1, 0.15) is 11.9 Å². The highest BCUT2D eigenvalue weighted by molar-refractivity contribution is 5.85. The number of carbonyl (C=O) groups is 1. The fraction of sp³-hybridized carbons (Fsp3) is 0.300. The van der Waals surface area contributed by atoms with Crippen molar-refractivity contribution in [2.24, 2.45) is 5.73 Å². The Hall–Kier alpha value is -1.17. The van der Waals surface area contributed by atoms with E-state index >= 15 is 0 Å². The third kappa shape index (κ3) is 4.14. The first kappa shape index (κ1) is 14.8. The van der Waals surface area contributed by atoms with Gasteiger partial charge in [0.25, 0.3) is 0 Å². The molecule has 0 bridgehead atoms. The summed E-state index contributed by atoms with van der Waals surface area (Å²) in [6.07, 6.45) is -1.09. The third-order valence-electron chi connectivity index (χ3n) is 2.05. The van der Waals surface area contributed by atoms with Gasteiger partial charge in [-0.25, -0.2) is 4.39 Å². The topological polar surface area (TPSA) is 83.5 Å². The van der Waals surface area contributed by atoms with E-state index in [9.17, 15) is 14.3 Å². The smallest absolute Gasteiger partial charge is 0.320 e.